The largest absolute Gasteiger partial charge is 0.485 e. The van der Waals surface area contributed by atoms with Crippen molar-refractivity contribution in [2.75, 3.05) is 6.61 Å². The molecule has 0 unspecified atom stereocenters. The summed E-state index contributed by atoms with van der Waals surface area (Å²) in [4.78, 5) is 12.1. The minimum Gasteiger partial charge on any atom is -0.485 e. The van der Waals surface area contributed by atoms with E-state index in [1.807, 2.05) is 32.0 Å². The van der Waals surface area contributed by atoms with E-state index in [4.69, 9.17) is 27.9 Å². The lowest BCUT2D eigenvalue weighted by Gasteiger charge is -2.10. The van der Waals surface area contributed by atoms with E-state index >= 15 is 0 Å². The minimum atomic E-state index is -0.197. The number of ketones is 1. The number of aryl methyl sites for hydroxylation is 2. The van der Waals surface area contributed by atoms with Crippen LogP contribution in [0.15, 0.2) is 36.4 Å². The van der Waals surface area contributed by atoms with Gasteiger partial charge in [-0.1, -0.05) is 40.9 Å². The van der Waals surface area contributed by atoms with Crippen LogP contribution in [-0.2, 0) is 0 Å². The summed E-state index contributed by atoms with van der Waals surface area (Å²) in [7, 11) is 0. The molecule has 0 spiro atoms. The predicted octanol–water partition coefficient (Wildman–Crippen LogP) is 4.87. The van der Waals surface area contributed by atoms with Crippen molar-refractivity contribution in [2.24, 2.45) is 0 Å². The van der Waals surface area contributed by atoms with E-state index in [-0.39, 0.29) is 12.4 Å². The summed E-state index contributed by atoms with van der Waals surface area (Å²) < 4.78 is 5.55. The lowest BCUT2D eigenvalue weighted by atomic mass is 10.1. The molecule has 0 fully saturated rings. The number of rotatable bonds is 4. The van der Waals surface area contributed by atoms with Crippen molar-refractivity contribution in [3.8, 4) is 5.75 Å². The van der Waals surface area contributed by atoms with E-state index in [0.29, 0.717) is 21.4 Å². The summed E-state index contributed by atoms with van der Waals surface area (Å²) in [6, 6.07) is 10.6. The maximum absolute atomic E-state index is 12.1. The van der Waals surface area contributed by atoms with Gasteiger partial charge in [-0.05, 0) is 43.7 Å². The molecule has 0 aliphatic carbocycles. The van der Waals surface area contributed by atoms with Crippen LogP contribution in [0.25, 0.3) is 0 Å². The Morgan fingerprint density at radius 3 is 2.55 bits per heavy atom. The maximum Gasteiger partial charge on any atom is 0.201 e. The van der Waals surface area contributed by atoms with Gasteiger partial charge in [-0.25, -0.2) is 0 Å². The highest BCUT2D eigenvalue weighted by molar-refractivity contribution is 6.35. The highest BCUT2D eigenvalue weighted by Gasteiger charge is 2.12. The average molecular weight is 309 g/mol. The highest BCUT2D eigenvalue weighted by atomic mass is 35.5. The zero-order chi connectivity index (χ0) is 14.7. The van der Waals surface area contributed by atoms with Crippen LogP contribution in [0.4, 0.5) is 0 Å². The number of halogens is 2. The van der Waals surface area contributed by atoms with Gasteiger partial charge >= 0.3 is 0 Å². The molecule has 20 heavy (non-hydrogen) atoms. The Labute approximate surface area is 128 Å². The predicted molar refractivity (Wildman–Crippen MR) is 82.2 cm³/mol. The normalized spacial score (nSPS) is 10.4. The second-order valence-electron chi connectivity index (χ2n) is 4.60. The van der Waals surface area contributed by atoms with Crippen molar-refractivity contribution >= 4 is 29.0 Å². The molecular formula is C16H14Cl2O2. The molecule has 0 heterocycles. The maximum atomic E-state index is 12.1. The van der Waals surface area contributed by atoms with E-state index < -0.39 is 0 Å². The van der Waals surface area contributed by atoms with Gasteiger partial charge in [0.2, 0.25) is 5.78 Å². The molecule has 0 aliphatic heterocycles. The molecular weight excluding hydrogens is 295 g/mol. The van der Waals surface area contributed by atoms with Crippen molar-refractivity contribution in [2.45, 2.75) is 13.8 Å². The summed E-state index contributed by atoms with van der Waals surface area (Å²) in [5, 5.41) is 0.855. The van der Waals surface area contributed by atoms with Crippen LogP contribution < -0.4 is 4.74 Å². The Hall–Kier alpha value is -1.51. The van der Waals surface area contributed by atoms with Crippen LogP contribution in [0.2, 0.25) is 10.0 Å². The zero-order valence-electron chi connectivity index (χ0n) is 11.2. The molecule has 0 bridgehead atoms. The molecule has 0 aromatic heterocycles. The lowest BCUT2D eigenvalue weighted by Crippen LogP contribution is -2.12. The van der Waals surface area contributed by atoms with E-state index in [2.05, 4.69) is 0 Å². The first-order chi connectivity index (χ1) is 9.47. The van der Waals surface area contributed by atoms with Gasteiger partial charge in [0.15, 0.2) is 6.61 Å². The Morgan fingerprint density at radius 2 is 1.85 bits per heavy atom. The second kappa shape index (κ2) is 6.29. The lowest BCUT2D eigenvalue weighted by molar-refractivity contribution is 0.0921. The van der Waals surface area contributed by atoms with Crippen molar-refractivity contribution in [1.82, 2.24) is 0 Å². The molecule has 2 aromatic rings. The molecule has 0 saturated heterocycles. The van der Waals surface area contributed by atoms with Gasteiger partial charge in [-0.15, -0.1) is 0 Å². The fourth-order valence-electron chi connectivity index (χ4n) is 1.89. The van der Waals surface area contributed by atoms with Crippen LogP contribution in [-0.4, -0.2) is 12.4 Å². The number of benzene rings is 2. The number of Topliss-reactive ketones (excluding diaryl/α,β-unsaturated/α-hetero) is 1. The smallest absolute Gasteiger partial charge is 0.201 e. The average Bonchev–Trinajstić information content (AvgIpc) is 2.40. The Bertz CT molecular complexity index is 651. The third-order valence-electron chi connectivity index (χ3n) is 2.92. The molecule has 0 aliphatic rings. The third-order valence-corrected chi connectivity index (χ3v) is 3.48. The van der Waals surface area contributed by atoms with E-state index in [1.165, 1.54) is 0 Å². The number of hydrogen-bond acceptors (Lipinski definition) is 2. The van der Waals surface area contributed by atoms with Gasteiger partial charge < -0.3 is 4.74 Å². The molecule has 2 nitrogen and oxygen atoms in total. The highest BCUT2D eigenvalue weighted by Crippen LogP contribution is 2.22. The van der Waals surface area contributed by atoms with Gasteiger partial charge in [-0.3, -0.25) is 4.79 Å². The van der Waals surface area contributed by atoms with E-state index in [1.54, 1.807) is 18.2 Å². The second-order valence-corrected chi connectivity index (χ2v) is 5.45. The first-order valence-electron chi connectivity index (χ1n) is 6.15. The molecule has 4 heteroatoms. The first kappa shape index (κ1) is 14.9. The fraction of sp³-hybridized carbons (Fsp3) is 0.188. The Kier molecular flexibility index (Phi) is 4.69. The van der Waals surface area contributed by atoms with E-state index in [0.717, 1.165) is 11.1 Å². The van der Waals surface area contributed by atoms with Crippen molar-refractivity contribution < 1.29 is 9.53 Å². The van der Waals surface area contributed by atoms with Gasteiger partial charge in [-0.2, -0.15) is 0 Å². The number of carbonyl (C=O) groups excluding carboxylic acids is 1. The summed E-state index contributed by atoms with van der Waals surface area (Å²) in [6.07, 6.45) is 0. The third kappa shape index (κ3) is 3.53. The van der Waals surface area contributed by atoms with Crippen LogP contribution in [0.3, 0.4) is 0 Å². The summed E-state index contributed by atoms with van der Waals surface area (Å²) in [5.41, 5.74) is 2.53. The quantitative estimate of drug-likeness (QED) is 0.753. The number of carbonyl (C=O) groups is 1. The van der Waals surface area contributed by atoms with Gasteiger partial charge in [0.1, 0.15) is 5.75 Å². The molecule has 0 atom stereocenters. The van der Waals surface area contributed by atoms with Gasteiger partial charge in [0.25, 0.3) is 0 Å². The summed E-state index contributed by atoms with van der Waals surface area (Å²) >= 11 is 11.9. The van der Waals surface area contributed by atoms with Crippen LogP contribution >= 0.6 is 23.2 Å². The first-order valence-corrected chi connectivity index (χ1v) is 6.91. The van der Waals surface area contributed by atoms with Crippen molar-refractivity contribution in [1.29, 1.82) is 0 Å². The number of hydrogen-bond donors (Lipinski definition) is 0. The molecule has 0 amide bonds. The molecule has 104 valence electrons. The molecule has 0 N–H and O–H groups in total. The van der Waals surface area contributed by atoms with Crippen LogP contribution in [0.1, 0.15) is 21.5 Å². The molecule has 0 saturated carbocycles. The fourth-order valence-corrected chi connectivity index (χ4v) is 2.29. The van der Waals surface area contributed by atoms with Gasteiger partial charge in [0, 0.05) is 10.6 Å². The molecule has 2 aromatic carbocycles. The SMILES string of the molecule is Cc1ccc(OCC(=O)c2cc(Cl)ccc2Cl)c(C)c1. The summed E-state index contributed by atoms with van der Waals surface area (Å²) in [6.45, 7) is 3.89. The molecule has 0 radical (unpaired) electrons. The minimum absolute atomic E-state index is 0.0655. The topological polar surface area (TPSA) is 26.3 Å². The number of ether oxygens (including phenoxy) is 1. The van der Waals surface area contributed by atoms with Crippen LogP contribution in [0.5, 0.6) is 5.75 Å². The van der Waals surface area contributed by atoms with Crippen molar-refractivity contribution in [3.63, 3.8) is 0 Å². The van der Waals surface area contributed by atoms with Gasteiger partial charge in [0.05, 0.1) is 5.02 Å². The Balaban J connectivity index is 2.10. The molecule has 2 rings (SSSR count). The zero-order valence-corrected chi connectivity index (χ0v) is 12.8. The Morgan fingerprint density at radius 1 is 1.10 bits per heavy atom. The summed E-state index contributed by atoms with van der Waals surface area (Å²) in [5.74, 6) is 0.500. The standard InChI is InChI=1S/C16H14Cl2O2/c1-10-3-6-16(11(2)7-10)20-9-15(19)13-8-12(17)4-5-14(13)18/h3-8H,9H2,1-2H3. The van der Waals surface area contributed by atoms with Crippen molar-refractivity contribution in [3.05, 3.63) is 63.1 Å². The van der Waals surface area contributed by atoms with E-state index in [9.17, 15) is 4.79 Å². The monoisotopic (exact) mass is 308 g/mol. The van der Waals surface area contributed by atoms with Crippen LogP contribution in [0, 0.1) is 13.8 Å².